The summed E-state index contributed by atoms with van der Waals surface area (Å²) in [5.41, 5.74) is 5.37. The zero-order chi connectivity index (χ0) is 8.81. The lowest BCUT2D eigenvalue weighted by molar-refractivity contribution is -0.0656. The van der Waals surface area contributed by atoms with E-state index in [4.69, 9.17) is 15.2 Å². The minimum atomic E-state index is 0.363. The van der Waals surface area contributed by atoms with Crippen LogP contribution in [0.5, 0.6) is 0 Å². The Kier molecular flexibility index (Phi) is 4.58. The molecule has 1 aliphatic rings. The van der Waals surface area contributed by atoms with Crippen molar-refractivity contribution in [3.63, 3.8) is 0 Å². The van der Waals surface area contributed by atoms with Crippen molar-refractivity contribution in [2.45, 2.75) is 38.4 Å². The van der Waals surface area contributed by atoms with Gasteiger partial charge in [0.05, 0.1) is 12.2 Å². The van der Waals surface area contributed by atoms with Crippen molar-refractivity contribution in [2.75, 3.05) is 19.8 Å². The Morgan fingerprint density at radius 1 is 1.58 bits per heavy atom. The molecule has 1 fully saturated rings. The van der Waals surface area contributed by atoms with Crippen LogP contribution in [0.1, 0.15) is 26.2 Å². The summed E-state index contributed by atoms with van der Waals surface area (Å²) in [5, 5.41) is 0. The van der Waals surface area contributed by atoms with E-state index in [9.17, 15) is 0 Å². The van der Waals surface area contributed by atoms with Crippen LogP contribution in [0.2, 0.25) is 0 Å². The highest BCUT2D eigenvalue weighted by Crippen LogP contribution is 2.16. The molecular weight excluding hydrogens is 154 g/mol. The summed E-state index contributed by atoms with van der Waals surface area (Å²) in [5.74, 6) is 0. The van der Waals surface area contributed by atoms with Crippen LogP contribution >= 0.6 is 0 Å². The van der Waals surface area contributed by atoms with Gasteiger partial charge in [-0.2, -0.15) is 0 Å². The monoisotopic (exact) mass is 173 g/mol. The highest BCUT2D eigenvalue weighted by atomic mass is 16.5. The summed E-state index contributed by atoms with van der Waals surface area (Å²) >= 11 is 0. The molecule has 72 valence electrons. The lowest BCUT2D eigenvalue weighted by Crippen LogP contribution is -2.29. The van der Waals surface area contributed by atoms with Crippen molar-refractivity contribution in [2.24, 2.45) is 5.73 Å². The first-order valence-corrected chi connectivity index (χ1v) is 4.76. The number of rotatable bonds is 4. The minimum absolute atomic E-state index is 0.363. The molecule has 0 aromatic rings. The maximum Gasteiger partial charge on any atom is 0.0621 e. The van der Waals surface area contributed by atoms with Gasteiger partial charge in [-0.15, -0.1) is 0 Å². The summed E-state index contributed by atoms with van der Waals surface area (Å²) in [7, 11) is 0. The lowest BCUT2D eigenvalue weighted by atomic mass is 10.1. The molecule has 3 heteroatoms. The molecule has 1 aliphatic heterocycles. The molecule has 1 saturated heterocycles. The summed E-state index contributed by atoms with van der Waals surface area (Å²) < 4.78 is 11.0. The van der Waals surface area contributed by atoms with Crippen LogP contribution in [0.15, 0.2) is 0 Å². The van der Waals surface area contributed by atoms with E-state index in [1.165, 1.54) is 0 Å². The third kappa shape index (κ3) is 3.52. The Labute approximate surface area is 74.2 Å². The summed E-state index contributed by atoms with van der Waals surface area (Å²) in [6.45, 7) is 4.46. The van der Waals surface area contributed by atoms with Gasteiger partial charge < -0.3 is 15.2 Å². The van der Waals surface area contributed by atoms with Crippen molar-refractivity contribution in [3.8, 4) is 0 Å². The number of ether oxygens (including phenoxy) is 2. The topological polar surface area (TPSA) is 44.5 Å². The average Bonchev–Trinajstić information content (AvgIpc) is 2.05. The highest BCUT2D eigenvalue weighted by Gasteiger charge is 2.19. The number of hydrogen-bond acceptors (Lipinski definition) is 3. The quantitative estimate of drug-likeness (QED) is 0.643. The Hall–Kier alpha value is -0.120. The van der Waals surface area contributed by atoms with Crippen LogP contribution in [0.25, 0.3) is 0 Å². The fraction of sp³-hybridized carbons (Fsp3) is 1.00. The van der Waals surface area contributed by atoms with E-state index in [1.807, 2.05) is 0 Å². The van der Waals surface area contributed by atoms with Gasteiger partial charge in [0, 0.05) is 13.2 Å². The van der Waals surface area contributed by atoms with Crippen LogP contribution in [0.4, 0.5) is 0 Å². The molecule has 0 amide bonds. The molecule has 2 N–H and O–H groups in total. The van der Waals surface area contributed by atoms with Gasteiger partial charge in [0.1, 0.15) is 0 Å². The Balaban J connectivity index is 2.06. The Morgan fingerprint density at radius 3 is 3.08 bits per heavy atom. The van der Waals surface area contributed by atoms with Crippen molar-refractivity contribution in [1.29, 1.82) is 0 Å². The van der Waals surface area contributed by atoms with Gasteiger partial charge in [-0.3, -0.25) is 0 Å². The molecule has 0 aliphatic carbocycles. The van der Waals surface area contributed by atoms with Gasteiger partial charge in [0.2, 0.25) is 0 Å². The molecule has 0 aromatic heterocycles. The molecular formula is C9H19NO2. The van der Waals surface area contributed by atoms with Gasteiger partial charge in [0.25, 0.3) is 0 Å². The maximum absolute atomic E-state index is 5.63. The fourth-order valence-corrected chi connectivity index (χ4v) is 1.44. The third-order valence-corrected chi connectivity index (χ3v) is 2.14. The molecule has 0 bridgehead atoms. The maximum atomic E-state index is 5.63. The molecule has 2 atom stereocenters. The van der Waals surface area contributed by atoms with Crippen molar-refractivity contribution >= 4 is 0 Å². The van der Waals surface area contributed by atoms with Crippen LogP contribution in [-0.4, -0.2) is 32.0 Å². The van der Waals surface area contributed by atoms with E-state index in [0.29, 0.717) is 12.2 Å². The largest absolute Gasteiger partial charge is 0.378 e. The van der Waals surface area contributed by atoms with Crippen molar-refractivity contribution in [1.82, 2.24) is 0 Å². The second kappa shape index (κ2) is 5.51. The standard InChI is InChI=1S/C9H19NO2/c1-8-7-9(3-6-11-8)12-5-2-4-10/h8-9H,2-7,10H2,1H3/t8-,9?/m1/s1. The van der Waals surface area contributed by atoms with Crippen molar-refractivity contribution < 1.29 is 9.47 Å². The first-order chi connectivity index (χ1) is 5.83. The van der Waals surface area contributed by atoms with Crippen LogP contribution in [-0.2, 0) is 9.47 Å². The van der Waals surface area contributed by atoms with E-state index in [1.54, 1.807) is 0 Å². The van der Waals surface area contributed by atoms with Gasteiger partial charge in [0.15, 0.2) is 0 Å². The fourth-order valence-electron chi connectivity index (χ4n) is 1.44. The van der Waals surface area contributed by atoms with E-state index in [2.05, 4.69) is 6.92 Å². The smallest absolute Gasteiger partial charge is 0.0621 e. The van der Waals surface area contributed by atoms with Gasteiger partial charge in [-0.25, -0.2) is 0 Å². The van der Waals surface area contributed by atoms with Crippen LogP contribution in [0.3, 0.4) is 0 Å². The molecule has 1 unspecified atom stereocenters. The molecule has 1 heterocycles. The summed E-state index contributed by atoms with van der Waals surface area (Å²) in [4.78, 5) is 0. The molecule has 3 nitrogen and oxygen atoms in total. The number of hydrogen-bond donors (Lipinski definition) is 1. The molecule has 0 radical (unpaired) electrons. The zero-order valence-electron chi connectivity index (χ0n) is 7.79. The third-order valence-electron chi connectivity index (χ3n) is 2.14. The zero-order valence-corrected chi connectivity index (χ0v) is 7.79. The second-order valence-corrected chi connectivity index (χ2v) is 3.34. The van der Waals surface area contributed by atoms with E-state index in [0.717, 1.165) is 39.0 Å². The molecule has 0 saturated carbocycles. The predicted octanol–water partition coefficient (Wildman–Crippen LogP) is 0.919. The van der Waals surface area contributed by atoms with Crippen LogP contribution in [0, 0.1) is 0 Å². The molecule has 0 aromatic carbocycles. The molecule has 0 spiro atoms. The number of nitrogens with two attached hydrogens (primary N) is 1. The minimum Gasteiger partial charge on any atom is -0.378 e. The van der Waals surface area contributed by atoms with Gasteiger partial charge in [-0.1, -0.05) is 0 Å². The van der Waals surface area contributed by atoms with E-state index >= 15 is 0 Å². The molecule has 12 heavy (non-hydrogen) atoms. The Morgan fingerprint density at radius 2 is 2.42 bits per heavy atom. The van der Waals surface area contributed by atoms with E-state index < -0.39 is 0 Å². The first-order valence-electron chi connectivity index (χ1n) is 4.76. The second-order valence-electron chi connectivity index (χ2n) is 3.34. The Bertz CT molecular complexity index is 119. The SMILES string of the molecule is C[C@@H]1CC(OCCCN)CCO1. The van der Waals surface area contributed by atoms with E-state index in [-0.39, 0.29) is 0 Å². The highest BCUT2D eigenvalue weighted by molar-refractivity contribution is 4.68. The summed E-state index contributed by atoms with van der Waals surface area (Å²) in [6, 6.07) is 0. The van der Waals surface area contributed by atoms with Gasteiger partial charge >= 0.3 is 0 Å². The molecule has 1 rings (SSSR count). The van der Waals surface area contributed by atoms with Crippen LogP contribution < -0.4 is 5.73 Å². The predicted molar refractivity (Wildman–Crippen MR) is 48.1 cm³/mol. The normalized spacial score (nSPS) is 30.5. The lowest BCUT2D eigenvalue weighted by Gasteiger charge is -2.27. The van der Waals surface area contributed by atoms with Crippen molar-refractivity contribution in [3.05, 3.63) is 0 Å². The average molecular weight is 173 g/mol. The summed E-state index contributed by atoms with van der Waals surface area (Å²) in [6.07, 6.45) is 3.80. The van der Waals surface area contributed by atoms with Gasteiger partial charge in [-0.05, 0) is 32.7 Å². The first kappa shape index (κ1) is 9.96.